The quantitative estimate of drug-likeness (QED) is 0.580. The highest BCUT2D eigenvalue weighted by atomic mass is 16.5. The van der Waals surface area contributed by atoms with Gasteiger partial charge in [-0.1, -0.05) is 44.0 Å². The third-order valence-corrected chi connectivity index (χ3v) is 3.23. The molecule has 1 rings (SSSR count). The lowest BCUT2D eigenvalue weighted by atomic mass is 10.00. The first-order valence-corrected chi connectivity index (χ1v) is 7.33. The van der Waals surface area contributed by atoms with Gasteiger partial charge in [-0.15, -0.1) is 0 Å². The van der Waals surface area contributed by atoms with E-state index in [4.69, 9.17) is 4.74 Å². The monoisotopic (exact) mass is 275 g/mol. The molecular weight excluding hydrogens is 250 g/mol. The molecule has 3 nitrogen and oxygen atoms in total. The van der Waals surface area contributed by atoms with Gasteiger partial charge < -0.3 is 10.1 Å². The zero-order chi connectivity index (χ0) is 14.8. The van der Waals surface area contributed by atoms with Gasteiger partial charge in [-0.3, -0.25) is 0 Å². The maximum Gasteiger partial charge on any atom is 0.330 e. The SMILES string of the molecule is CCCCC(NC)c1ccc(/C=C/C(=O)OCC)cc1. The Morgan fingerprint density at radius 3 is 2.55 bits per heavy atom. The lowest BCUT2D eigenvalue weighted by Gasteiger charge is -2.16. The van der Waals surface area contributed by atoms with Gasteiger partial charge in [0.15, 0.2) is 0 Å². The lowest BCUT2D eigenvalue weighted by Crippen LogP contribution is -2.16. The lowest BCUT2D eigenvalue weighted by molar-refractivity contribution is -0.137. The fraction of sp³-hybridized carbons (Fsp3) is 0.471. The summed E-state index contributed by atoms with van der Waals surface area (Å²) in [4.78, 5) is 11.2. The van der Waals surface area contributed by atoms with Gasteiger partial charge in [0.2, 0.25) is 0 Å². The number of rotatable bonds is 8. The summed E-state index contributed by atoms with van der Waals surface area (Å²) in [6, 6.07) is 8.68. The van der Waals surface area contributed by atoms with E-state index in [9.17, 15) is 4.79 Å². The van der Waals surface area contributed by atoms with Gasteiger partial charge in [-0.25, -0.2) is 4.79 Å². The molecule has 1 unspecified atom stereocenters. The van der Waals surface area contributed by atoms with Crippen LogP contribution in [0.4, 0.5) is 0 Å². The van der Waals surface area contributed by atoms with Crippen LogP contribution in [-0.4, -0.2) is 19.6 Å². The third kappa shape index (κ3) is 5.57. The molecule has 0 aliphatic rings. The Labute approximate surface area is 122 Å². The standard InChI is InChI=1S/C17H25NO2/c1-4-6-7-16(18-3)15-11-8-14(9-12-15)10-13-17(19)20-5-2/h8-13,16,18H,4-7H2,1-3H3/b13-10+. The second kappa shape index (κ2) is 9.32. The Bertz CT molecular complexity index is 423. The van der Waals surface area contributed by atoms with Gasteiger partial charge in [0.25, 0.3) is 0 Å². The van der Waals surface area contributed by atoms with Crippen LogP contribution < -0.4 is 5.32 Å². The van der Waals surface area contributed by atoms with Crippen molar-refractivity contribution in [2.24, 2.45) is 0 Å². The van der Waals surface area contributed by atoms with Crippen LogP contribution in [0.5, 0.6) is 0 Å². The third-order valence-electron chi connectivity index (χ3n) is 3.23. The number of unbranched alkanes of at least 4 members (excludes halogenated alkanes) is 1. The summed E-state index contributed by atoms with van der Waals surface area (Å²) < 4.78 is 4.85. The van der Waals surface area contributed by atoms with Crippen molar-refractivity contribution >= 4 is 12.0 Å². The van der Waals surface area contributed by atoms with E-state index >= 15 is 0 Å². The smallest absolute Gasteiger partial charge is 0.330 e. The first-order valence-electron chi connectivity index (χ1n) is 7.33. The minimum atomic E-state index is -0.298. The van der Waals surface area contributed by atoms with Crippen molar-refractivity contribution in [3.8, 4) is 0 Å². The van der Waals surface area contributed by atoms with Crippen LogP contribution in [-0.2, 0) is 9.53 Å². The summed E-state index contributed by atoms with van der Waals surface area (Å²) >= 11 is 0. The van der Waals surface area contributed by atoms with E-state index in [-0.39, 0.29) is 5.97 Å². The number of esters is 1. The normalized spacial score (nSPS) is 12.6. The van der Waals surface area contributed by atoms with Gasteiger partial charge in [-0.2, -0.15) is 0 Å². The summed E-state index contributed by atoms with van der Waals surface area (Å²) in [7, 11) is 1.99. The molecule has 0 spiro atoms. The van der Waals surface area contributed by atoms with Crippen molar-refractivity contribution in [2.75, 3.05) is 13.7 Å². The molecule has 0 saturated carbocycles. The molecule has 1 aromatic rings. The molecule has 1 atom stereocenters. The number of carbonyl (C=O) groups is 1. The molecule has 0 saturated heterocycles. The van der Waals surface area contributed by atoms with E-state index in [2.05, 4.69) is 24.4 Å². The number of benzene rings is 1. The van der Waals surface area contributed by atoms with Crippen LogP contribution in [0, 0.1) is 0 Å². The highest BCUT2D eigenvalue weighted by Crippen LogP contribution is 2.19. The van der Waals surface area contributed by atoms with E-state index in [1.165, 1.54) is 24.5 Å². The molecule has 0 aromatic heterocycles. The van der Waals surface area contributed by atoms with Crippen molar-refractivity contribution in [3.63, 3.8) is 0 Å². The molecular formula is C17H25NO2. The molecule has 110 valence electrons. The van der Waals surface area contributed by atoms with Gasteiger partial charge in [-0.05, 0) is 37.6 Å². The van der Waals surface area contributed by atoms with Crippen LogP contribution in [0.25, 0.3) is 6.08 Å². The first-order chi connectivity index (χ1) is 9.71. The minimum Gasteiger partial charge on any atom is -0.463 e. The zero-order valence-electron chi connectivity index (χ0n) is 12.7. The predicted molar refractivity (Wildman–Crippen MR) is 83.4 cm³/mol. The van der Waals surface area contributed by atoms with Crippen molar-refractivity contribution in [1.82, 2.24) is 5.32 Å². The van der Waals surface area contributed by atoms with Gasteiger partial charge in [0.1, 0.15) is 0 Å². The highest BCUT2D eigenvalue weighted by molar-refractivity contribution is 5.87. The van der Waals surface area contributed by atoms with Gasteiger partial charge in [0.05, 0.1) is 6.61 Å². The van der Waals surface area contributed by atoms with Crippen LogP contribution in [0.2, 0.25) is 0 Å². The van der Waals surface area contributed by atoms with E-state index < -0.39 is 0 Å². The molecule has 0 bridgehead atoms. The molecule has 0 aliphatic carbocycles. The summed E-state index contributed by atoms with van der Waals surface area (Å²) in [5.74, 6) is -0.298. The number of nitrogens with one attached hydrogen (secondary N) is 1. The Kier molecular flexibility index (Phi) is 7.66. The van der Waals surface area contributed by atoms with E-state index in [0.29, 0.717) is 12.6 Å². The van der Waals surface area contributed by atoms with Crippen LogP contribution in [0.15, 0.2) is 30.3 Å². The second-order valence-electron chi connectivity index (χ2n) is 4.74. The average molecular weight is 275 g/mol. The molecule has 1 N–H and O–H groups in total. The molecule has 0 heterocycles. The Morgan fingerprint density at radius 2 is 2.00 bits per heavy atom. The minimum absolute atomic E-state index is 0.298. The molecule has 0 aliphatic heterocycles. The molecule has 3 heteroatoms. The second-order valence-corrected chi connectivity index (χ2v) is 4.74. The largest absolute Gasteiger partial charge is 0.463 e. The number of hydrogen-bond acceptors (Lipinski definition) is 3. The Hall–Kier alpha value is -1.61. The highest BCUT2D eigenvalue weighted by Gasteiger charge is 2.07. The van der Waals surface area contributed by atoms with Crippen LogP contribution in [0.1, 0.15) is 50.3 Å². The summed E-state index contributed by atoms with van der Waals surface area (Å²) in [5.41, 5.74) is 2.29. The summed E-state index contributed by atoms with van der Waals surface area (Å²) in [6.45, 7) is 4.41. The fourth-order valence-electron chi connectivity index (χ4n) is 2.08. The molecule has 0 fully saturated rings. The molecule has 0 amide bonds. The number of hydrogen-bond donors (Lipinski definition) is 1. The molecule has 1 aromatic carbocycles. The van der Waals surface area contributed by atoms with Crippen molar-refractivity contribution < 1.29 is 9.53 Å². The zero-order valence-corrected chi connectivity index (χ0v) is 12.7. The molecule has 20 heavy (non-hydrogen) atoms. The van der Waals surface area contributed by atoms with Gasteiger partial charge in [0, 0.05) is 12.1 Å². The summed E-state index contributed by atoms with van der Waals surface area (Å²) in [6.07, 6.45) is 6.81. The van der Waals surface area contributed by atoms with E-state index in [0.717, 1.165) is 12.0 Å². The number of carbonyl (C=O) groups excluding carboxylic acids is 1. The fourth-order valence-corrected chi connectivity index (χ4v) is 2.08. The maximum atomic E-state index is 11.2. The van der Waals surface area contributed by atoms with Crippen molar-refractivity contribution in [1.29, 1.82) is 0 Å². The van der Waals surface area contributed by atoms with Crippen molar-refractivity contribution in [3.05, 3.63) is 41.5 Å². The van der Waals surface area contributed by atoms with E-state index in [1.54, 1.807) is 13.0 Å². The van der Waals surface area contributed by atoms with Crippen molar-refractivity contribution in [2.45, 2.75) is 39.2 Å². The van der Waals surface area contributed by atoms with Crippen LogP contribution in [0.3, 0.4) is 0 Å². The van der Waals surface area contributed by atoms with E-state index in [1.807, 2.05) is 19.2 Å². The Balaban J connectivity index is 2.65. The maximum absolute atomic E-state index is 11.2. The Morgan fingerprint density at radius 1 is 1.30 bits per heavy atom. The van der Waals surface area contributed by atoms with Gasteiger partial charge >= 0.3 is 5.97 Å². The predicted octanol–water partition coefficient (Wildman–Crippen LogP) is 3.71. The average Bonchev–Trinajstić information content (AvgIpc) is 2.47. The van der Waals surface area contributed by atoms with Crippen LogP contribution >= 0.6 is 0 Å². The molecule has 0 radical (unpaired) electrons. The topological polar surface area (TPSA) is 38.3 Å². The first kappa shape index (κ1) is 16.4. The summed E-state index contributed by atoms with van der Waals surface area (Å²) in [5, 5.41) is 3.35. The number of ether oxygens (including phenoxy) is 1.